The molecule has 0 saturated heterocycles. The van der Waals surface area contributed by atoms with Gasteiger partial charge in [-0.3, -0.25) is 0 Å². The predicted molar refractivity (Wildman–Crippen MR) is 67.1 cm³/mol. The highest BCUT2D eigenvalue weighted by molar-refractivity contribution is 5.41. The van der Waals surface area contributed by atoms with E-state index in [2.05, 4.69) is 5.32 Å². The molecule has 2 atom stereocenters. The van der Waals surface area contributed by atoms with Gasteiger partial charge in [0.25, 0.3) is 0 Å². The van der Waals surface area contributed by atoms with Gasteiger partial charge in [0.05, 0.1) is 6.10 Å². The second-order valence-corrected chi connectivity index (χ2v) is 4.53. The molecule has 0 aliphatic heterocycles. The molecule has 0 aliphatic carbocycles. The van der Waals surface area contributed by atoms with E-state index in [1.54, 1.807) is 6.07 Å². The summed E-state index contributed by atoms with van der Waals surface area (Å²) in [6, 6.07) is 4.60. The molecule has 0 unspecified atom stereocenters. The molecule has 0 aliphatic rings. The molecule has 0 heterocycles. The largest absolute Gasteiger partial charge is 0.504 e. The van der Waals surface area contributed by atoms with Crippen LogP contribution >= 0.6 is 0 Å². The van der Waals surface area contributed by atoms with Crippen molar-refractivity contribution in [3.05, 3.63) is 23.8 Å². The highest BCUT2D eigenvalue weighted by Gasteiger charge is 2.20. The highest BCUT2D eigenvalue weighted by Crippen LogP contribution is 2.29. The molecular weight excluding hydrogens is 218 g/mol. The van der Waals surface area contributed by atoms with Gasteiger partial charge in [0.2, 0.25) is 0 Å². The summed E-state index contributed by atoms with van der Waals surface area (Å²) >= 11 is 0. The summed E-state index contributed by atoms with van der Waals surface area (Å²) in [4.78, 5) is 0. The molecule has 0 aromatic heterocycles. The van der Waals surface area contributed by atoms with Crippen molar-refractivity contribution in [1.29, 1.82) is 0 Å². The zero-order valence-electron chi connectivity index (χ0n) is 10.5. The summed E-state index contributed by atoms with van der Waals surface area (Å²) in [5.41, 5.74) is 0.598. The number of rotatable bonds is 5. The Labute approximate surface area is 102 Å². The third-order valence-corrected chi connectivity index (χ3v) is 2.71. The molecule has 17 heavy (non-hydrogen) atoms. The first-order valence-corrected chi connectivity index (χ1v) is 5.91. The Kier molecular flexibility index (Phi) is 4.78. The van der Waals surface area contributed by atoms with Gasteiger partial charge in [0.1, 0.15) is 0 Å². The molecule has 0 radical (unpaired) electrons. The SMILES string of the molecule is CC[C@H](NC(C)C)[C@@H](O)c1ccc(O)c(O)c1. The lowest BCUT2D eigenvalue weighted by Gasteiger charge is -2.25. The van der Waals surface area contributed by atoms with Gasteiger partial charge in [-0.05, 0) is 24.1 Å². The Morgan fingerprint density at radius 3 is 2.29 bits per heavy atom. The minimum atomic E-state index is -0.700. The Hall–Kier alpha value is -1.26. The van der Waals surface area contributed by atoms with Crippen LogP contribution in [-0.2, 0) is 0 Å². The molecule has 4 nitrogen and oxygen atoms in total. The molecule has 0 saturated carbocycles. The smallest absolute Gasteiger partial charge is 0.157 e. The highest BCUT2D eigenvalue weighted by atomic mass is 16.3. The number of phenolic OH excluding ortho intramolecular Hbond substituents is 2. The van der Waals surface area contributed by atoms with Crippen LogP contribution in [0.15, 0.2) is 18.2 Å². The standard InChI is InChI=1S/C13H21NO3/c1-4-10(14-8(2)3)13(17)9-5-6-11(15)12(16)7-9/h5-8,10,13-17H,4H2,1-3H3/t10-,13-/m0/s1. The molecule has 0 bridgehead atoms. The molecule has 96 valence electrons. The zero-order valence-corrected chi connectivity index (χ0v) is 10.5. The third kappa shape index (κ3) is 3.61. The van der Waals surface area contributed by atoms with Gasteiger partial charge in [-0.15, -0.1) is 0 Å². The fourth-order valence-corrected chi connectivity index (χ4v) is 1.82. The predicted octanol–water partition coefficient (Wildman–Crippen LogP) is 1.91. The maximum atomic E-state index is 10.2. The van der Waals surface area contributed by atoms with Crippen LogP contribution < -0.4 is 5.32 Å². The number of hydrogen-bond acceptors (Lipinski definition) is 4. The minimum Gasteiger partial charge on any atom is -0.504 e. The van der Waals surface area contributed by atoms with Gasteiger partial charge in [-0.25, -0.2) is 0 Å². The Balaban J connectivity index is 2.85. The van der Waals surface area contributed by atoms with E-state index in [9.17, 15) is 15.3 Å². The summed E-state index contributed by atoms with van der Waals surface area (Å²) in [6.45, 7) is 6.02. The van der Waals surface area contributed by atoms with Crippen LogP contribution in [0.3, 0.4) is 0 Å². The van der Waals surface area contributed by atoms with Gasteiger partial charge in [-0.1, -0.05) is 26.8 Å². The number of aliphatic hydroxyl groups excluding tert-OH is 1. The van der Waals surface area contributed by atoms with E-state index in [0.29, 0.717) is 5.56 Å². The van der Waals surface area contributed by atoms with Gasteiger partial charge >= 0.3 is 0 Å². The van der Waals surface area contributed by atoms with Crippen LogP contribution in [0.5, 0.6) is 11.5 Å². The zero-order chi connectivity index (χ0) is 13.0. The molecular formula is C13H21NO3. The number of nitrogens with one attached hydrogen (secondary N) is 1. The maximum absolute atomic E-state index is 10.2. The molecule has 1 rings (SSSR count). The first-order valence-electron chi connectivity index (χ1n) is 5.91. The van der Waals surface area contributed by atoms with E-state index in [1.165, 1.54) is 12.1 Å². The van der Waals surface area contributed by atoms with Crippen molar-refractivity contribution in [3.8, 4) is 11.5 Å². The number of benzene rings is 1. The summed E-state index contributed by atoms with van der Waals surface area (Å²) in [5, 5.41) is 32.1. The van der Waals surface area contributed by atoms with E-state index in [4.69, 9.17) is 0 Å². The monoisotopic (exact) mass is 239 g/mol. The summed E-state index contributed by atoms with van der Waals surface area (Å²) < 4.78 is 0. The lowest BCUT2D eigenvalue weighted by molar-refractivity contribution is 0.121. The van der Waals surface area contributed by atoms with Gasteiger partial charge < -0.3 is 20.6 Å². The topological polar surface area (TPSA) is 72.7 Å². The second-order valence-electron chi connectivity index (χ2n) is 4.53. The van der Waals surface area contributed by atoms with Crippen molar-refractivity contribution < 1.29 is 15.3 Å². The quantitative estimate of drug-likeness (QED) is 0.592. The van der Waals surface area contributed by atoms with Crippen LogP contribution in [0.25, 0.3) is 0 Å². The molecule has 1 aromatic carbocycles. The third-order valence-electron chi connectivity index (χ3n) is 2.71. The molecule has 4 N–H and O–H groups in total. The molecule has 0 fully saturated rings. The van der Waals surface area contributed by atoms with Crippen molar-refractivity contribution in [1.82, 2.24) is 5.32 Å². The van der Waals surface area contributed by atoms with Crippen LogP contribution in [0.1, 0.15) is 38.9 Å². The van der Waals surface area contributed by atoms with Crippen molar-refractivity contribution >= 4 is 0 Å². The van der Waals surface area contributed by atoms with E-state index < -0.39 is 6.10 Å². The van der Waals surface area contributed by atoms with E-state index in [1.807, 2.05) is 20.8 Å². The van der Waals surface area contributed by atoms with Crippen molar-refractivity contribution in [3.63, 3.8) is 0 Å². The molecule has 4 heteroatoms. The van der Waals surface area contributed by atoms with Gasteiger partial charge in [0, 0.05) is 12.1 Å². The normalized spacial score (nSPS) is 14.9. The fourth-order valence-electron chi connectivity index (χ4n) is 1.82. The Morgan fingerprint density at radius 1 is 1.18 bits per heavy atom. The molecule has 0 amide bonds. The van der Waals surface area contributed by atoms with Crippen LogP contribution in [0, 0.1) is 0 Å². The number of hydrogen-bond donors (Lipinski definition) is 4. The Bertz CT molecular complexity index is 366. The van der Waals surface area contributed by atoms with E-state index >= 15 is 0 Å². The van der Waals surface area contributed by atoms with Crippen LogP contribution in [-0.4, -0.2) is 27.4 Å². The van der Waals surface area contributed by atoms with E-state index in [0.717, 1.165) is 6.42 Å². The summed E-state index contributed by atoms with van der Waals surface area (Å²) in [7, 11) is 0. The van der Waals surface area contributed by atoms with Crippen LogP contribution in [0.4, 0.5) is 0 Å². The first-order chi connectivity index (χ1) is 7.95. The number of phenols is 2. The lowest BCUT2D eigenvalue weighted by Crippen LogP contribution is -2.38. The van der Waals surface area contributed by atoms with Crippen molar-refractivity contribution in [2.24, 2.45) is 0 Å². The number of aliphatic hydroxyl groups is 1. The van der Waals surface area contributed by atoms with E-state index in [-0.39, 0.29) is 23.6 Å². The average molecular weight is 239 g/mol. The maximum Gasteiger partial charge on any atom is 0.157 e. The van der Waals surface area contributed by atoms with Crippen molar-refractivity contribution in [2.75, 3.05) is 0 Å². The molecule has 0 spiro atoms. The van der Waals surface area contributed by atoms with Gasteiger partial charge in [0.15, 0.2) is 11.5 Å². The first kappa shape index (κ1) is 13.8. The average Bonchev–Trinajstić information content (AvgIpc) is 2.28. The van der Waals surface area contributed by atoms with Crippen molar-refractivity contribution in [2.45, 2.75) is 45.4 Å². The van der Waals surface area contributed by atoms with Gasteiger partial charge in [-0.2, -0.15) is 0 Å². The fraction of sp³-hybridized carbons (Fsp3) is 0.538. The number of aromatic hydroxyl groups is 2. The van der Waals surface area contributed by atoms with Crippen LogP contribution in [0.2, 0.25) is 0 Å². The minimum absolute atomic E-state index is 0.0704. The second kappa shape index (κ2) is 5.89. The summed E-state index contributed by atoms with van der Waals surface area (Å²) in [6.07, 6.45) is 0.0787. The molecule has 1 aromatic rings. The summed E-state index contributed by atoms with van der Waals surface area (Å²) in [5.74, 6) is -0.383. The Morgan fingerprint density at radius 2 is 1.82 bits per heavy atom. The lowest BCUT2D eigenvalue weighted by atomic mass is 9.99.